The fourth-order valence-electron chi connectivity index (χ4n) is 3.55. The fraction of sp³-hybridized carbons (Fsp3) is 0.381. The van der Waals surface area contributed by atoms with Gasteiger partial charge in [-0.3, -0.25) is 14.4 Å². The number of likely N-dealkylation sites (tertiary alicyclic amines) is 1. The number of methoxy groups -OCH3 is 1. The number of amides is 2. The summed E-state index contributed by atoms with van der Waals surface area (Å²) in [7, 11) is 1.54. The van der Waals surface area contributed by atoms with Crippen LogP contribution in [0.25, 0.3) is 0 Å². The first-order chi connectivity index (χ1) is 14.0. The van der Waals surface area contributed by atoms with Crippen molar-refractivity contribution in [1.82, 2.24) is 10.2 Å². The molecule has 0 spiro atoms. The van der Waals surface area contributed by atoms with Crippen molar-refractivity contribution in [2.24, 2.45) is 5.92 Å². The van der Waals surface area contributed by atoms with Gasteiger partial charge in [-0.25, -0.2) is 0 Å². The molecule has 2 amide bonds. The second kappa shape index (κ2) is 9.56. The van der Waals surface area contributed by atoms with E-state index in [9.17, 15) is 19.5 Å². The van der Waals surface area contributed by atoms with E-state index in [0.29, 0.717) is 23.6 Å². The molecule has 29 heavy (non-hydrogen) atoms. The second-order valence-electron chi connectivity index (χ2n) is 6.93. The number of rotatable bonds is 8. The van der Waals surface area contributed by atoms with Crippen molar-refractivity contribution in [2.45, 2.75) is 25.3 Å². The van der Waals surface area contributed by atoms with E-state index >= 15 is 0 Å². The lowest BCUT2D eigenvalue weighted by molar-refractivity contribution is -0.141. The Morgan fingerprint density at radius 1 is 1.28 bits per heavy atom. The summed E-state index contributed by atoms with van der Waals surface area (Å²) in [5.41, 5.74) is 0.770. The molecule has 1 saturated heterocycles. The molecule has 2 atom stereocenters. The number of ether oxygens (including phenoxy) is 1. The molecular formula is C21H24N2O5S. The van der Waals surface area contributed by atoms with Crippen LogP contribution in [0.4, 0.5) is 0 Å². The van der Waals surface area contributed by atoms with Gasteiger partial charge in [0, 0.05) is 13.1 Å². The summed E-state index contributed by atoms with van der Waals surface area (Å²) in [6.45, 7) is 0.516. The summed E-state index contributed by atoms with van der Waals surface area (Å²) >= 11 is 1.35. The minimum Gasteiger partial charge on any atom is -0.496 e. The molecule has 0 aliphatic carbocycles. The van der Waals surface area contributed by atoms with Crippen LogP contribution < -0.4 is 10.1 Å². The van der Waals surface area contributed by atoms with Crippen LogP contribution in [0, 0.1) is 5.92 Å². The monoisotopic (exact) mass is 416 g/mol. The van der Waals surface area contributed by atoms with Crippen molar-refractivity contribution in [3.8, 4) is 5.75 Å². The van der Waals surface area contributed by atoms with Crippen LogP contribution in [-0.2, 0) is 16.0 Å². The molecule has 0 radical (unpaired) electrons. The van der Waals surface area contributed by atoms with E-state index in [0.717, 1.165) is 12.0 Å². The smallest absolute Gasteiger partial charge is 0.308 e. The Labute approximate surface area is 173 Å². The average Bonchev–Trinajstić information content (AvgIpc) is 3.42. The molecule has 2 unspecified atom stereocenters. The van der Waals surface area contributed by atoms with E-state index in [2.05, 4.69) is 5.32 Å². The maximum absolute atomic E-state index is 12.7. The standard InChI is InChI=1S/C21H24N2O5S/c1-28-17-8-3-2-6-14(17)12-15(21(26)27)13-22-19(24)16-7-4-10-23(16)20(25)18-9-5-11-29-18/h2-3,5-6,8-9,11,15-16H,4,7,10,12-13H2,1H3,(H,22,24)(H,26,27). The summed E-state index contributed by atoms with van der Waals surface area (Å²) in [6.07, 6.45) is 1.56. The molecule has 1 aromatic heterocycles. The number of nitrogens with zero attached hydrogens (tertiary/aromatic N) is 1. The van der Waals surface area contributed by atoms with Gasteiger partial charge in [0.15, 0.2) is 0 Å². The summed E-state index contributed by atoms with van der Waals surface area (Å²) < 4.78 is 5.29. The topological polar surface area (TPSA) is 95.9 Å². The molecule has 2 heterocycles. The molecule has 2 N–H and O–H groups in total. The first-order valence-electron chi connectivity index (χ1n) is 9.48. The molecule has 3 rings (SSSR count). The lowest BCUT2D eigenvalue weighted by atomic mass is 9.98. The number of carboxylic acids is 1. The highest BCUT2D eigenvalue weighted by molar-refractivity contribution is 7.12. The highest BCUT2D eigenvalue weighted by atomic mass is 32.1. The third-order valence-electron chi connectivity index (χ3n) is 5.08. The zero-order valence-electron chi connectivity index (χ0n) is 16.2. The van der Waals surface area contributed by atoms with E-state index < -0.39 is 17.9 Å². The van der Waals surface area contributed by atoms with Gasteiger partial charge in [0.25, 0.3) is 5.91 Å². The molecule has 154 valence electrons. The quantitative estimate of drug-likeness (QED) is 0.689. The van der Waals surface area contributed by atoms with Crippen molar-refractivity contribution < 1.29 is 24.2 Å². The van der Waals surface area contributed by atoms with Gasteiger partial charge in [-0.15, -0.1) is 11.3 Å². The van der Waals surface area contributed by atoms with Gasteiger partial charge in [0.1, 0.15) is 11.8 Å². The molecule has 1 aliphatic heterocycles. The van der Waals surface area contributed by atoms with E-state index in [4.69, 9.17) is 4.74 Å². The molecule has 1 aliphatic rings. The highest BCUT2D eigenvalue weighted by Crippen LogP contribution is 2.23. The van der Waals surface area contributed by atoms with E-state index in [1.807, 2.05) is 23.6 Å². The van der Waals surface area contributed by atoms with Crippen LogP contribution >= 0.6 is 11.3 Å². The first-order valence-corrected chi connectivity index (χ1v) is 10.4. The zero-order chi connectivity index (χ0) is 20.8. The Morgan fingerprint density at radius 3 is 2.76 bits per heavy atom. The number of carbonyl (C=O) groups excluding carboxylic acids is 2. The molecule has 7 nitrogen and oxygen atoms in total. The SMILES string of the molecule is COc1ccccc1CC(CNC(=O)C1CCCN1C(=O)c1cccs1)C(=O)O. The third-order valence-corrected chi connectivity index (χ3v) is 5.94. The molecule has 0 bridgehead atoms. The van der Waals surface area contributed by atoms with Crippen molar-refractivity contribution in [2.75, 3.05) is 20.2 Å². The van der Waals surface area contributed by atoms with Crippen LogP contribution in [0.5, 0.6) is 5.75 Å². The van der Waals surface area contributed by atoms with Gasteiger partial charge in [-0.2, -0.15) is 0 Å². The number of thiophene rings is 1. The first kappa shape index (κ1) is 20.9. The predicted octanol–water partition coefficient (Wildman–Crippen LogP) is 2.42. The Kier molecular flexibility index (Phi) is 6.87. The summed E-state index contributed by atoms with van der Waals surface area (Å²) in [5, 5.41) is 14.2. The second-order valence-corrected chi connectivity index (χ2v) is 7.88. The van der Waals surface area contributed by atoms with Gasteiger partial charge < -0.3 is 20.1 Å². The predicted molar refractivity (Wildman–Crippen MR) is 109 cm³/mol. The molecule has 0 saturated carbocycles. The van der Waals surface area contributed by atoms with Crippen molar-refractivity contribution in [1.29, 1.82) is 0 Å². The van der Waals surface area contributed by atoms with E-state index in [1.54, 1.807) is 23.1 Å². The maximum atomic E-state index is 12.7. The normalized spacial score (nSPS) is 17.0. The Balaban J connectivity index is 1.62. The highest BCUT2D eigenvalue weighted by Gasteiger charge is 2.35. The lowest BCUT2D eigenvalue weighted by Gasteiger charge is -2.24. The number of para-hydroxylation sites is 1. The van der Waals surface area contributed by atoms with E-state index in [1.165, 1.54) is 18.4 Å². The Hall–Kier alpha value is -2.87. The number of nitrogens with one attached hydrogen (secondary N) is 1. The number of hydrogen-bond acceptors (Lipinski definition) is 5. The fourth-order valence-corrected chi connectivity index (χ4v) is 4.23. The van der Waals surface area contributed by atoms with Crippen molar-refractivity contribution in [3.63, 3.8) is 0 Å². The molecule has 2 aromatic rings. The number of benzene rings is 1. The van der Waals surface area contributed by atoms with Crippen molar-refractivity contribution in [3.05, 3.63) is 52.2 Å². The largest absolute Gasteiger partial charge is 0.496 e. The third kappa shape index (κ3) is 4.95. The van der Waals surface area contributed by atoms with Gasteiger partial charge in [0.2, 0.25) is 5.91 Å². The number of hydrogen-bond donors (Lipinski definition) is 2. The van der Waals surface area contributed by atoms with E-state index in [-0.39, 0.29) is 24.8 Å². The van der Waals surface area contributed by atoms with Gasteiger partial charge >= 0.3 is 5.97 Å². The molecule has 1 fully saturated rings. The Morgan fingerprint density at radius 2 is 2.07 bits per heavy atom. The summed E-state index contributed by atoms with van der Waals surface area (Å²) in [5.74, 6) is -1.62. The van der Waals surface area contributed by atoms with Crippen LogP contribution in [0.2, 0.25) is 0 Å². The Bertz CT molecular complexity index is 868. The maximum Gasteiger partial charge on any atom is 0.308 e. The summed E-state index contributed by atoms with van der Waals surface area (Å²) in [6, 6.07) is 10.2. The minimum atomic E-state index is -0.992. The molecule has 1 aromatic carbocycles. The van der Waals surface area contributed by atoms with Crippen LogP contribution in [0.3, 0.4) is 0 Å². The van der Waals surface area contributed by atoms with Gasteiger partial charge in [-0.05, 0) is 42.3 Å². The van der Waals surface area contributed by atoms with Crippen LogP contribution in [0.1, 0.15) is 28.1 Å². The van der Waals surface area contributed by atoms with Crippen LogP contribution in [-0.4, -0.2) is 54.0 Å². The zero-order valence-corrected chi connectivity index (χ0v) is 17.0. The van der Waals surface area contributed by atoms with Crippen molar-refractivity contribution >= 4 is 29.1 Å². The average molecular weight is 416 g/mol. The molecule has 8 heteroatoms. The number of carboxylic acid groups (broad SMARTS) is 1. The lowest BCUT2D eigenvalue weighted by Crippen LogP contribution is -2.47. The molecular weight excluding hydrogens is 392 g/mol. The number of aliphatic carboxylic acids is 1. The summed E-state index contributed by atoms with van der Waals surface area (Å²) in [4.78, 5) is 39.2. The van der Waals surface area contributed by atoms with Gasteiger partial charge in [-0.1, -0.05) is 24.3 Å². The number of carbonyl (C=O) groups is 3. The van der Waals surface area contributed by atoms with Gasteiger partial charge in [0.05, 0.1) is 17.9 Å². The minimum absolute atomic E-state index is 0.0102. The van der Waals surface area contributed by atoms with Crippen LogP contribution in [0.15, 0.2) is 41.8 Å².